The van der Waals surface area contributed by atoms with Gasteiger partial charge in [-0.1, -0.05) is 17.4 Å². The van der Waals surface area contributed by atoms with Crippen molar-refractivity contribution in [1.29, 1.82) is 0 Å². The first kappa shape index (κ1) is 23.9. The molecule has 1 aliphatic heterocycles. The third-order valence-electron chi connectivity index (χ3n) is 6.29. The van der Waals surface area contributed by atoms with E-state index < -0.39 is 6.04 Å². The molecule has 0 bridgehead atoms. The van der Waals surface area contributed by atoms with Crippen LogP contribution in [-0.2, 0) is 9.53 Å². The number of methoxy groups -OCH3 is 1. The van der Waals surface area contributed by atoms with E-state index in [0.717, 1.165) is 53.6 Å². The molecule has 12 heteroatoms. The number of aromatic nitrogens is 5. The minimum atomic E-state index is -0.533. The average molecular weight is 509 g/mol. The molecular formula is C24H28N8O3S. The second kappa shape index (κ2) is 10.1. The quantitative estimate of drug-likeness (QED) is 0.331. The Morgan fingerprint density at radius 3 is 2.78 bits per heavy atom. The van der Waals surface area contributed by atoms with Crippen LogP contribution in [0.3, 0.4) is 0 Å². The van der Waals surface area contributed by atoms with Crippen LogP contribution in [0.5, 0.6) is 0 Å². The van der Waals surface area contributed by atoms with E-state index in [1.54, 1.807) is 18.0 Å². The molecule has 11 nitrogen and oxygen atoms in total. The molecule has 0 radical (unpaired) electrons. The van der Waals surface area contributed by atoms with Gasteiger partial charge >= 0.3 is 0 Å². The van der Waals surface area contributed by atoms with Crippen molar-refractivity contribution < 1.29 is 14.3 Å². The summed E-state index contributed by atoms with van der Waals surface area (Å²) in [6, 6.07) is 3.33. The Balaban J connectivity index is 1.31. The molecule has 4 heterocycles. The first-order valence-corrected chi connectivity index (χ1v) is 12.6. The van der Waals surface area contributed by atoms with Crippen molar-refractivity contribution in [2.24, 2.45) is 0 Å². The fraction of sp³-hybridized carbons (Fsp3) is 0.375. The third-order valence-corrected chi connectivity index (χ3v) is 7.20. The minimum Gasteiger partial charge on any atom is -0.382 e. The van der Waals surface area contributed by atoms with Gasteiger partial charge in [0.1, 0.15) is 4.88 Å². The van der Waals surface area contributed by atoms with E-state index >= 15 is 0 Å². The minimum absolute atomic E-state index is 0.0135. The fourth-order valence-electron chi connectivity index (χ4n) is 4.34. The molecule has 2 amide bonds. The summed E-state index contributed by atoms with van der Waals surface area (Å²) < 4.78 is 6.98. The number of aryl methyl sites for hydroxylation is 2. The Morgan fingerprint density at radius 1 is 1.19 bits per heavy atom. The van der Waals surface area contributed by atoms with Gasteiger partial charge in [0, 0.05) is 37.3 Å². The average Bonchev–Trinajstić information content (AvgIpc) is 3.67. The number of likely N-dealkylation sites (tertiary alicyclic amines) is 1. The molecule has 1 fully saturated rings. The van der Waals surface area contributed by atoms with Gasteiger partial charge in [-0.15, -0.1) is 0 Å². The first-order chi connectivity index (χ1) is 17.4. The highest BCUT2D eigenvalue weighted by molar-refractivity contribution is 7.17. The molecule has 1 unspecified atom stereocenters. The van der Waals surface area contributed by atoms with Crippen LogP contribution < -0.4 is 10.6 Å². The maximum absolute atomic E-state index is 13.0. The predicted octanol–water partition coefficient (Wildman–Crippen LogP) is 3.64. The van der Waals surface area contributed by atoms with Crippen molar-refractivity contribution in [2.45, 2.75) is 32.7 Å². The van der Waals surface area contributed by atoms with Gasteiger partial charge in [-0.2, -0.15) is 10.2 Å². The van der Waals surface area contributed by atoms with Crippen LogP contribution >= 0.6 is 11.3 Å². The van der Waals surface area contributed by atoms with Gasteiger partial charge in [0.05, 0.1) is 30.2 Å². The van der Waals surface area contributed by atoms with Gasteiger partial charge in [-0.25, -0.2) is 4.98 Å². The van der Waals surface area contributed by atoms with Crippen LogP contribution in [0, 0.1) is 13.8 Å². The second-order valence-electron chi connectivity index (χ2n) is 8.84. The van der Waals surface area contributed by atoms with Crippen LogP contribution in [0.2, 0.25) is 0 Å². The highest BCUT2D eigenvalue weighted by atomic mass is 32.1. The van der Waals surface area contributed by atoms with Gasteiger partial charge in [-0.3, -0.25) is 19.4 Å². The lowest BCUT2D eigenvalue weighted by atomic mass is 10.1. The molecule has 3 N–H and O–H groups in total. The molecule has 1 aromatic carbocycles. The maximum Gasteiger partial charge on any atom is 0.267 e. The van der Waals surface area contributed by atoms with E-state index in [0.29, 0.717) is 15.8 Å². The normalized spacial score (nSPS) is 14.4. The summed E-state index contributed by atoms with van der Waals surface area (Å²) in [4.78, 5) is 32.7. The molecule has 36 heavy (non-hydrogen) atoms. The Kier molecular flexibility index (Phi) is 6.70. The number of anilines is 3. The van der Waals surface area contributed by atoms with E-state index in [2.05, 4.69) is 30.9 Å². The van der Waals surface area contributed by atoms with Crippen molar-refractivity contribution in [3.8, 4) is 0 Å². The summed E-state index contributed by atoms with van der Waals surface area (Å²) in [5.74, 6) is 0.334. The van der Waals surface area contributed by atoms with E-state index in [1.165, 1.54) is 17.5 Å². The van der Waals surface area contributed by atoms with Crippen molar-refractivity contribution in [3.63, 3.8) is 0 Å². The lowest BCUT2D eigenvalue weighted by Gasteiger charge is -2.22. The number of H-pyrrole nitrogens is 1. The number of rotatable bonds is 8. The van der Waals surface area contributed by atoms with Crippen LogP contribution in [0.15, 0.2) is 30.7 Å². The number of hydrogen-bond acceptors (Lipinski definition) is 8. The highest BCUT2D eigenvalue weighted by Gasteiger charge is 2.29. The summed E-state index contributed by atoms with van der Waals surface area (Å²) in [5.41, 5.74) is 3.36. The number of thiazole rings is 1. The molecule has 188 valence electrons. The molecule has 5 rings (SSSR count). The van der Waals surface area contributed by atoms with Crippen molar-refractivity contribution in [1.82, 2.24) is 29.9 Å². The SMILES string of the molecule is COCC(C(=O)N1CCCC1)n1cc(C)c(Nc2ncc(C(=O)Nc3c(C)ccc4[nH]ncc34)s2)n1. The molecule has 0 saturated carbocycles. The van der Waals surface area contributed by atoms with Crippen LogP contribution in [0.4, 0.5) is 16.6 Å². The van der Waals surface area contributed by atoms with Gasteiger partial charge < -0.3 is 20.3 Å². The number of hydrogen-bond donors (Lipinski definition) is 3. The molecule has 1 aliphatic rings. The van der Waals surface area contributed by atoms with Crippen LogP contribution in [0.25, 0.3) is 10.9 Å². The molecule has 1 saturated heterocycles. The Morgan fingerprint density at radius 2 is 2.00 bits per heavy atom. The topological polar surface area (TPSA) is 130 Å². The molecule has 1 atom stereocenters. The number of benzene rings is 1. The predicted molar refractivity (Wildman–Crippen MR) is 138 cm³/mol. The summed E-state index contributed by atoms with van der Waals surface area (Å²) >= 11 is 1.22. The van der Waals surface area contributed by atoms with E-state index in [-0.39, 0.29) is 18.4 Å². The fourth-order valence-corrected chi connectivity index (χ4v) is 5.05. The molecule has 4 aromatic rings. The zero-order valence-corrected chi connectivity index (χ0v) is 21.2. The number of ether oxygens (including phenoxy) is 1. The summed E-state index contributed by atoms with van der Waals surface area (Å²) in [6.45, 7) is 5.62. The summed E-state index contributed by atoms with van der Waals surface area (Å²) in [7, 11) is 1.58. The van der Waals surface area contributed by atoms with Gasteiger partial charge in [0.25, 0.3) is 5.91 Å². The molecular weight excluding hydrogens is 480 g/mol. The van der Waals surface area contributed by atoms with E-state index in [9.17, 15) is 9.59 Å². The smallest absolute Gasteiger partial charge is 0.267 e. The molecule has 0 aliphatic carbocycles. The Labute approximate surface area is 211 Å². The number of nitrogens with zero attached hydrogens (tertiary/aromatic N) is 5. The van der Waals surface area contributed by atoms with Gasteiger partial charge in [0.2, 0.25) is 5.91 Å². The second-order valence-corrected chi connectivity index (χ2v) is 9.87. The molecule has 0 spiro atoms. The van der Waals surface area contributed by atoms with Crippen molar-refractivity contribution in [2.75, 3.05) is 37.4 Å². The van der Waals surface area contributed by atoms with Gasteiger partial charge in [-0.05, 0) is 38.3 Å². The number of carbonyl (C=O) groups is 2. The van der Waals surface area contributed by atoms with Crippen molar-refractivity contribution in [3.05, 3.63) is 46.7 Å². The van der Waals surface area contributed by atoms with Crippen LogP contribution in [-0.4, -0.2) is 68.5 Å². The maximum atomic E-state index is 13.0. The lowest BCUT2D eigenvalue weighted by molar-refractivity contribution is -0.135. The van der Waals surface area contributed by atoms with Gasteiger partial charge in [0.15, 0.2) is 17.0 Å². The Bertz CT molecular complexity index is 1400. The largest absolute Gasteiger partial charge is 0.382 e. The zero-order valence-electron chi connectivity index (χ0n) is 20.4. The Hall–Kier alpha value is -3.77. The van der Waals surface area contributed by atoms with E-state index in [1.807, 2.05) is 37.1 Å². The monoisotopic (exact) mass is 508 g/mol. The third kappa shape index (κ3) is 4.69. The molecule has 3 aromatic heterocycles. The number of aromatic amines is 1. The highest BCUT2D eigenvalue weighted by Crippen LogP contribution is 2.29. The first-order valence-electron chi connectivity index (χ1n) is 11.7. The van der Waals surface area contributed by atoms with Crippen molar-refractivity contribution >= 4 is 50.7 Å². The zero-order chi connectivity index (χ0) is 25.2. The standard InChI is InChI=1S/C24H28N8O3S/c1-14-6-7-17-16(10-26-29-17)20(14)27-22(33)19-11-25-24(36-19)28-21-15(2)12-32(30-21)18(13-35-3)23(34)31-8-4-5-9-31/h6-7,10-12,18H,4-5,8-9,13H2,1-3H3,(H,26,29)(H,27,33)(H,25,28,30). The summed E-state index contributed by atoms with van der Waals surface area (Å²) in [6.07, 6.45) is 7.10. The number of nitrogens with one attached hydrogen (secondary N) is 3. The van der Waals surface area contributed by atoms with E-state index in [4.69, 9.17) is 4.74 Å². The number of amides is 2. The van der Waals surface area contributed by atoms with Crippen LogP contribution in [0.1, 0.15) is 39.7 Å². The number of carbonyl (C=O) groups excluding carboxylic acids is 2. The lowest BCUT2D eigenvalue weighted by Crippen LogP contribution is -2.37. The summed E-state index contributed by atoms with van der Waals surface area (Å²) in [5, 5.41) is 19.1. The number of fused-ring (bicyclic) bond motifs is 1.